The van der Waals surface area contributed by atoms with E-state index in [1.165, 1.54) is 0 Å². The topological polar surface area (TPSA) is 52.2 Å². The molecular weight excluding hydrogens is 218 g/mol. The van der Waals surface area contributed by atoms with Gasteiger partial charge >= 0.3 is 5.76 Å². The Labute approximate surface area is 98.8 Å². The van der Waals surface area contributed by atoms with E-state index in [2.05, 4.69) is 0 Å². The molecule has 1 aromatic carbocycles. The van der Waals surface area contributed by atoms with Crippen LogP contribution in [0, 0.1) is 0 Å². The van der Waals surface area contributed by atoms with Gasteiger partial charge in [0.05, 0.1) is 5.52 Å². The van der Waals surface area contributed by atoms with Gasteiger partial charge in [-0.2, -0.15) is 0 Å². The number of carbonyl (C=O) groups is 1. The van der Waals surface area contributed by atoms with Crippen molar-refractivity contribution in [2.45, 2.75) is 32.7 Å². The molecule has 0 N–H and O–H groups in total. The number of ketones is 1. The average Bonchev–Trinajstić information content (AvgIpc) is 2.60. The number of para-hydroxylation sites is 2. The molecule has 0 saturated heterocycles. The minimum absolute atomic E-state index is 0.189. The number of aromatic nitrogens is 1. The standard InChI is InChI=1S/C13H15NO3/c1-10(15)6-4-5-9-14-11-7-2-3-8-12(11)17-13(14)16/h2-3,7-8H,4-6,9H2,1H3. The van der Waals surface area contributed by atoms with Gasteiger partial charge < -0.3 is 9.21 Å². The van der Waals surface area contributed by atoms with Crippen molar-refractivity contribution in [1.82, 2.24) is 4.57 Å². The fourth-order valence-electron chi connectivity index (χ4n) is 1.87. The normalized spacial score (nSPS) is 10.9. The van der Waals surface area contributed by atoms with Crippen LogP contribution in [0.2, 0.25) is 0 Å². The Morgan fingerprint density at radius 3 is 2.82 bits per heavy atom. The van der Waals surface area contributed by atoms with Gasteiger partial charge in [0, 0.05) is 13.0 Å². The van der Waals surface area contributed by atoms with Gasteiger partial charge in [0.2, 0.25) is 0 Å². The third-order valence-electron chi connectivity index (χ3n) is 2.73. The summed E-state index contributed by atoms with van der Waals surface area (Å²) in [6, 6.07) is 7.36. The van der Waals surface area contributed by atoms with Crippen molar-refractivity contribution in [1.29, 1.82) is 0 Å². The summed E-state index contributed by atoms with van der Waals surface area (Å²) >= 11 is 0. The molecule has 0 bridgehead atoms. The van der Waals surface area contributed by atoms with E-state index in [0.29, 0.717) is 18.5 Å². The van der Waals surface area contributed by atoms with Gasteiger partial charge in [-0.1, -0.05) is 12.1 Å². The second-order valence-corrected chi connectivity index (χ2v) is 4.15. The van der Waals surface area contributed by atoms with Crippen LogP contribution in [-0.2, 0) is 11.3 Å². The maximum absolute atomic E-state index is 11.6. The summed E-state index contributed by atoms with van der Waals surface area (Å²) in [5.74, 6) is -0.136. The largest absolute Gasteiger partial charge is 0.419 e. The minimum Gasteiger partial charge on any atom is -0.408 e. The zero-order chi connectivity index (χ0) is 12.3. The van der Waals surface area contributed by atoms with Crippen LogP contribution in [0.5, 0.6) is 0 Å². The van der Waals surface area contributed by atoms with E-state index >= 15 is 0 Å². The Balaban J connectivity index is 2.10. The summed E-state index contributed by atoms with van der Waals surface area (Å²) in [4.78, 5) is 22.4. The van der Waals surface area contributed by atoms with E-state index in [4.69, 9.17) is 4.42 Å². The summed E-state index contributed by atoms with van der Waals surface area (Å²) < 4.78 is 6.74. The molecule has 90 valence electrons. The number of aryl methyl sites for hydroxylation is 1. The molecule has 0 aliphatic carbocycles. The number of rotatable bonds is 5. The van der Waals surface area contributed by atoms with Gasteiger partial charge in [-0.15, -0.1) is 0 Å². The highest BCUT2D eigenvalue weighted by Crippen LogP contribution is 2.12. The van der Waals surface area contributed by atoms with Crippen molar-refractivity contribution in [2.24, 2.45) is 0 Å². The van der Waals surface area contributed by atoms with Gasteiger partial charge in [0.25, 0.3) is 0 Å². The van der Waals surface area contributed by atoms with Crippen LogP contribution in [0.25, 0.3) is 11.1 Å². The molecule has 0 amide bonds. The lowest BCUT2D eigenvalue weighted by molar-refractivity contribution is -0.117. The van der Waals surface area contributed by atoms with E-state index in [9.17, 15) is 9.59 Å². The molecular formula is C13H15NO3. The number of Topliss-reactive ketones (excluding diaryl/α,β-unsaturated/α-hetero) is 1. The highest BCUT2D eigenvalue weighted by molar-refractivity contribution is 5.75. The molecule has 4 heteroatoms. The molecule has 0 unspecified atom stereocenters. The smallest absolute Gasteiger partial charge is 0.408 e. The molecule has 2 aromatic rings. The molecule has 0 radical (unpaired) electrons. The number of nitrogens with zero attached hydrogens (tertiary/aromatic N) is 1. The molecule has 0 fully saturated rings. The van der Waals surface area contributed by atoms with Crippen LogP contribution in [0.1, 0.15) is 26.2 Å². The summed E-state index contributed by atoms with van der Waals surface area (Å²) in [6.45, 7) is 2.18. The van der Waals surface area contributed by atoms with Gasteiger partial charge in [0.1, 0.15) is 5.78 Å². The molecule has 0 aliphatic heterocycles. The first kappa shape index (κ1) is 11.6. The SMILES string of the molecule is CC(=O)CCCCn1c(=O)oc2ccccc21. The van der Waals surface area contributed by atoms with Crippen LogP contribution >= 0.6 is 0 Å². The fourth-order valence-corrected chi connectivity index (χ4v) is 1.87. The quantitative estimate of drug-likeness (QED) is 0.745. The minimum atomic E-state index is -0.325. The molecule has 1 heterocycles. The summed E-state index contributed by atoms with van der Waals surface area (Å²) in [5.41, 5.74) is 1.43. The average molecular weight is 233 g/mol. The number of hydrogen-bond donors (Lipinski definition) is 0. The second kappa shape index (κ2) is 4.99. The zero-order valence-corrected chi connectivity index (χ0v) is 9.81. The van der Waals surface area contributed by atoms with Crippen molar-refractivity contribution < 1.29 is 9.21 Å². The Kier molecular flexibility index (Phi) is 3.42. The van der Waals surface area contributed by atoms with Crippen LogP contribution in [0.15, 0.2) is 33.5 Å². The van der Waals surface area contributed by atoms with E-state index in [0.717, 1.165) is 18.4 Å². The van der Waals surface area contributed by atoms with Gasteiger partial charge in [-0.25, -0.2) is 4.79 Å². The lowest BCUT2D eigenvalue weighted by Gasteiger charge is -2.00. The van der Waals surface area contributed by atoms with Crippen LogP contribution < -0.4 is 5.76 Å². The first-order chi connectivity index (χ1) is 8.18. The molecule has 2 rings (SSSR count). The number of fused-ring (bicyclic) bond motifs is 1. The van der Waals surface area contributed by atoms with E-state index in [1.807, 2.05) is 18.2 Å². The van der Waals surface area contributed by atoms with Crippen molar-refractivity contribution >= 4 is 16.9 Å². The maximum Gasteiger partial charge on any atom is 0.419 e. The van der Waals surface area contributed by atoms with Crippen molar-refractivity contribution in [3.8, 4) is 0 Å². The third-order valence-corrected chi connectivity index (χ3v) is 2.73. The molecule has 0 aliphatic rings. The zero-order valence-electron chi connectivity index (χ0n) is 9.81. The van der Waals surface area contributed by atoms with Gasteiger partial charge in [0.15, 0.2) is 5.58 Å². The number of oxazole rings is 1. The van der Waals surface area contributed by atoms with E-state index < -0.39 is 0 Å². The molecule has 1 aromatic heterocycles. The molecule has 0 spiro atoms. The lowest BCUT2D eigenvalue weighted by atomic mass is 10.2. The number of hydrogen-bond acceptors (Lipinski definition) is 3. The second-order valence-electron chi connectivity index (χ2n) is 4.15. The molecule has 4 nitrogen and oxygen atoms in total. The van der Waals surface area contributed by atoms with Gasteiger partial charge in [-0.3, -0.25) is 4.57 Å². The number of benzene rings is 1. The summed E-state index contributed by atoms with van der Waals surface area (Å²) in [7, 11) is 0. The van der Waals surface area contributed by atoms with Gasteiger partial charge in [-0.05, 0) is 31.9 Å². The third kappa shape index (κ3) is 2.64. The Morgan fingerprint density at radius 1 is 1.29 bits per heavy atom. The van der Waals surface area contributed by atoms with Crippen LogP contribution in [0.3, 0.4) is 0 Å². The Morgan fingerprint density at radius 2 is 2.06 bits per heavy atom. The van der Waals surface area contributed by atoms with Crippen molar-refractivity contribution in [3.05, 3.63) is 34.8 Å². The Bertz CT molecular complexity index is 580. The Hall–Kier alpha value is -1.84. The highest BCUT2D eigenvalue weighted by Gasteiger charge is 2.07. The number of carbonyl (C=O) groups excluding carboxylic acids is 1. The van der Waals surface area contributed by atoms with E-state index in [1.54, 1.807) is 17.6 Å². The highest BCUT2D eigenvalue weighted by atomic mass is 16.4. The monoisotopic (exact) mass is 233 g/mol. The molecule has 17 heavy (non-hydrogen) atoms. The summed E-state index contributed by atoms with van der Waals surface area (Å²) in [5, 5.41) is 0. The first-order valence-corrected chi connectivity index (χ1v) is 5.76. The van der Waals surface area contributed by atoms with Crippen LogP contribution in [0.4, 0.5) is 0 Å². The van der Waals surface area contributed by atoms with Crippen molar-refractivity contribution in [3.63, 3.8) is 0 Å². The molecule has 0 atom stereocenters. The summed E-state index contributed by atoms with van der Waals surface area (Å²) in [6.07, 6.45) is 2.19. The van der Waals surface area contributed by atoms with Crippen LogP contribution in [-0.4, -0.2) is 10.4 Å². The maximum atomic E-state index is 11.6. The first-order valence-electron chi connectivity index (χ1n) is 5.76. The fraction of sp³-hybridized carbons (Fsp3) is 0.385. The lowest BCUT2D eigenvalue weighted by Crippen LogP contribution is -2.14. The number of unbranched alkanes of at least 4 members (excludes halogenated alkanes) is 1. The molecule has 0 saturated carbocycles. The van der Waals surface area contributed by atoms with Crippen molar-refractivity contribution in [2.75, 3.05) is 0 Å². The van der Waals surface area contributed by atoms with E-state index in [-0.39, 0.29) is 11.5 Å². The predicted molar refractivity (Wildman–Crippen MR) is 65.0 cm³/mol. The predicted octanol–water partition coefficient (Wildman–Crippen LogP) is 2.35.